The standard InChI is InChI=1S/C18H19N3O/c1-2-12-4-6-17(22)20-18(12)13-3-5-16-14(9-13)10-15-11-19-7-8-21(15)16/h3-6,9-10,19H,2,7-8,11H2,1H3,(H,20,22). The summed E-state index contributed by atoms with van der Waals surface area (Å²) in [5.74, 6) is 0. The van der Waals surface area contributed by atoms with Crippen LogP contribution in [-0.2, 0) is 19.5 Å². The fourth-order valence-electron chi connectivity index (χ4n) is 3.36. The smallest absolute Gasteiger partial charge is 0.248 e. The highest BCUT2D eigenvalue weighted by Gasteiger charge is 2.13. The molecule has 0 amide bonds. The van der Waals surface area contributed by atoms with Gasteiger partial charge in [-0.05, 0) is 35.7 Å². The first kappa shape index (κ1) is 13.3. The second-order valence-electron chi connectivity index (χ2n) is 5.81. The van der Waals surface area contributed by atoms with E-state index in [1.54, 1.807) is 6.07 Å². The van der Waals surface area contributed by atoms with Gasteiger partial charge in [0.1, 0.15) is 0 Å². The molecule has 112 valence electrons. The van der Waals surface area contributed by atoms with Crippen LogP contribution in [0.3, 0.4) is 0 Å². The molecule has 4 nitrogen and oxygen atoms in total. The quantitative estimate of drug-likeness (QED) is 0.763. The molecule has 0 aliphatic carbocycles. The molecule has 0 fully saturated rings. The maximum atomic E-state index is 11.7. The zero-order valence-electron chi connectivity index (χ0n) is 12.6. The van der Waals surface area contributed by atoms with Crippen LogP contribution in [0.4, 0.5) is 0 Å². The molecular weight excluding hydrogens is 274 g/mol. The van der Waals surface area contributed by atoms with E-state index >= 15 is 0 Å². The van der Waals surface area contributed by atoms with E-state index < -0.39 is 0 Å². The molecule has 2 N–H and O–H groups in total. The van der Waals surface area contributed by atoms with Crippen molar-refractivity contribution in [3.63, 3.8) is 0 Å². The van der Waals surface area contributed by atoms with Gasteiger partial charge in [-0.25, -0.2) is 0 Å². The predicted octanol–water partition coefficient (Wildman–Crippen LogP) is 2.66. The van der Waals surface area contributed by atoms with E-state index in [1.807, 2.05) is 6.07 Å². The summed E-state index contributed by atoms with van der Waals surface area (Å²) < 4.78 is 2.38. The molecule has 0 atom stereocenters. The van der Waals surface area contributed by atoms with Gasteiger partial charge in [-0.15, -0.1) is 0 Å². The molecule has 1 aliphatic rings. The number of rotatable bonds is 2. The van der Waals surface area contributed by atoms with E-state index in [0.29, 0.717) is 0 Å². The number of pyridine rings is 1. The summed E-state index contributed by atoms with van der Waals surface area (Å²) in [4.78, 5) is 14.7. The Morgan fingerprint density at radius 3 is 2.95 bits per heavy atom. The van der Waals surface area contributed by atoms with E-state index in [1.165, 1.54) is 22.2 Å². The molecule has 4 heteroatoms. The molecule has 0 unspecified atom stereocenters. The van der Waals surface area contributed by atoms with E-state index in [4.69, 9.17) is 0 Å². The van der Waals surface area contributed by atoms with Gasteiger partial charge >= 0.3 is 0 Å². The first-order chi connectivity index (χ1) is 10.8. The Morgan fingerprint density at radius 1 is 1.18 bits per heavy atom. The van der Waals surface area contributed by atoms with Gasteiger partial charge in [0.15, 0.2) is 0 Å². The fourth-order valence-corrected chi connectivity index (χ4v) is 3.36. The molecule has 0 saturated carbocycles. The van der Waals surface area contributed by atoms with E-state index in [-0.39, 0.29) is 5.56 Å². The lowest BCUT2D eigenvalue weighted by molar-refractivity contribution is 0.527. The van der Waals surface area contributed by atoms with Crippen LogP contribution >= 0.6 is 0 Å². The second kappa shape index (κ2) is 5.14. The van der Waals surface area contributed by atoms with Crippen LogP contribution in [0.1, 0.15) is 18.2 Å². The van der Waals surface area contributed by atoms with Crippen molar-refractivity contribution in [1.29, 1.82) is 0 Å². The second-order valence-corrected chi connectivity index (χ2v) is 5.81. The van der Waals surface area contributed by atoms with Gasteiger partial charge in [0.05, 0.1) is 5.69 Å². The first-order valence-electron chi connectivity index (χ1n) is 7.81. The van der Waals surface area contributed by atoms with Gasteiger partial charge in [0, 0.05) is 42.3 Å². The number of nitrogens with zero attached hydrogens (tertiary/aromatic N) is 1. The van der Waals surface area contributed by atoms with Crippen LogP contribution in [0, 0.1) is 0 Å². The van der Waals surface area contributed by atoms with Crippen LogP contribution in [0.15, 0.2) is 41.2 Å². The number of fused-ring (bicyclic) bond motifs is 3. The Morgan fingerprint density at radius 2 is 2.09 bits per heavy atom. The molecule has 22 heavy (non-hydrogen) atoms. The number of benzene rings is 1. The van der Waals surface area contributed by atoms with Gasteiger partial charge in [-0.3, -0.25) is 4.79 Å². The first-order valence-corrected chi connectivity index (χ1v) is 7.81. The van der Waals surface area contributed by atoms with Gasteiger partial charge in [0.2, 0.25) is 5.56 Å². The van der Waals surface area contributed by atoms with Crippen molar-refractivity contribution >= 4 is 10.9 Å². The van der Waals surface area contributed by atoms with Gasteiger partial charge in [-0.1, -0.05) is 19.1 Å². The topological polar surface area (TPSA) is 49.8 Å². The maximum Gasteiger partial charge on any atom is 0.248 e. The molecule has 0 saturated heterocycles. The Kier molecular flexibility index (Phi) is 3.12. The Hall–Kier alpha value is -2.33. The van der Waals surface area contributed by atoms with Crippen LogP contribution < -0.4 is 10.9 Å². The van der Waals surface area contributed by atoms with Crippen LogP contribution in [-0.4, -0.2) is 16.1 Å². The van der Waals surface area contributed by atoms with Crippen molar-refractivity contribution in [2.75, 3.05) is 6.54 Å². The third-order valence-corrected chi connectivity index (χ3v) is 4.48. The number of hydrogen-bond acceptors (Lipinski definition) is 2. The zero-order chi connectivity index (χ0) is 15.1. The number of aromatic amines is 1. The molecular formula is C18H19N3O. The molecule has 3 aromatic rings. The lowest BCUT2D eigenvalue weighted by Crippen LogP contribution is -2.27. The molecule has 1 aliphatic heterocycles. The minimum atomic E-state index is -0.0485. The highest BCUT2D eigenvalue weighted by Crippen LogP contribution is 2.28. The summed E-state index contributed by atoms with van der Waals surface area (Å²) >= 11 is 0. The van der Waals surface area contributed by atoms with E-state index in [0.717, 1.165) is 37.3 Å². The summed E-state index contributed by atoms with van der Waals surface area (Å²) in [5, 5.41) is 4.64. The SMILES string of the molecule is CCc1ccc(=O)[nH]c1-c1ccc2c(c1)cc1n2CCNC1. The van der Waals surface area contributed by atoms with Crippen LogP contribution in [0.5, 0.6) is 0 Å². The Bertz CT molecular complexity index is 904. The number of H-pyrrole nitrogens is 1. The summed E-state index contributed by atoms with van der Waals surface area (Å²) in [6.07, 6.45) is 0.903. The maximum absolute atomic E-state index is 11.7. The van der Waals surface area contributed by atoms with Gasteiger partial charge in [-0.2, -0.15) is 0 Å². The number of nitrogens with one attached hydrogen (secondary N) is 2. The Labute approximate surface area is 128 Å². The van der Waals surface area contributed by atoms with Crippen molar-refractivity contribution in [1.82, 2.24) is 14.9 Å². The minimum Gasteiger partial charge on any atom is -0.342 e. The van der Waals surface area contributed by atoms with Crippen molar-refractivity contribution < 1.29 is 0 Å². The molecule has 1 aromatic carbocycles. The van der Waals surface area contributed by atoms with E-state index in [2.05, 4.69) is 46.1 Å². The van der Waals surface area contributed by atoms with Crippen LogP contribution in [0.25, 0.3) is 22.2 Å². The number of aromatic nitrogens is 2. The minimum absolute atomic E-state index is 0.0485. The lowest BCUT2D eigenvalue weighted by atomic mass is 10.0. The van der Waals surface area contributed by atoms with Crippen molar-refractivity contribution in [3.05, 3.63) is 58.0 Å². The van der Waals surface area contributed by atoms with Gasteiger partial charge < -0.3 is 14.9 Å². The highest BCUT2D eigenvalue weighted by atomic mass is 16.1. The average molecular weight is 293 g/mol. The summed E-state index contributed by atoms with van der Waals surface area (Å²) in [6, 6.07) is 12.2. The van der Waals surface area contributed by atoms with E-state index in [9.17, 15) is 4.79 Å². The summed E-state index contributed by atoms with van der Waals surface area (Å²) in [7, 11) is 0. The lowest BCUT2D eigenvalue weighted by Gasteiger charge is -2.17. The monoisotopic (exact) mass is 293 g/mol. The molecule has 0 bridgehead atoms. The number of aryl methyl sites for hydroxylation is 1. The Balaban J connectivity index is 1.90. The van der Waals surface area contributed by atoms with Crippen LogP contribution in [0.2, 0.25) is 0 Å². The largest absolute Gasteiger partial charge is 0.342 e. The predicted molar refractivity (Wildman–Crippen MR) is 89.1 cm³/mol. The normalized spacial score (nSPS) is 14.2. The highest BCUT2D eigenvalue weighted by molar-refractivity contribution is 5.86. The zero-order valence-corrected chi connectivity index (χ0v) is 12.6. The van der Waals surface area contributed by atoms with Gasteiger partial charge in [0.25, 0.3) is 0 Å². The number of hydrogen-bond donors (Lipinski definition) is 2. The van der Waals surface area contributed by atoms with Crippen molar-refractivity contribution in [2.45, 2.75) is 26.4 Å². The molecule has 0 radical (unpaired) electrons. The summed E-state index contributed by atoms with van der Waals surface area (Å²) in [6.45, 7) is 5.07. The summed E-state index contributed by atoms with van der Waals surface area (Å²) in [5.41, 5.74) is 5.75. The van der Waals surface area contributed by atoms with Crippen molar-refractivity contribution in [3.8, 4) is 11.3 Å². The van der Waals surface area contributed by atoms with Crippen molar-refractivity contribution in [2.24, 2.45) is 0 Å². The average Bonchev–Trinajstić information content (AvgIpc) is 2.92. The molecule has 3 heterocycles. The third kappa shape index (κ3) is 2.07. The molecule has 2 aromatic heterocycles. The third-order valence-electron chi connectivity index (χ3n) is 4.48. The fraction of sp³-hybridized carbons (Fsp3) is 0.278. The molecule has 0 spiro atoms. The molecule has 4 rings (SSSR count).